The molecule has 1 aromatic carbocycles. The van der Waals surface area contributed by atoms with E-state index >= 15 is 0 Å². The summed E-state index contributed by atoms with van der Waals surface area (Å²) in [4.78, 5) is 10.6. The highest BCUT2D eigenvalue weighted by molar-refractivity contribution is 7.92. The third-order valence-corrected chi connectivity index (χ3v) is 3.82. The summed E-state index contributed by atoms with van der Waals surface area (Å²) in [5.74, 6) is -0.726. The number of benzene rings is 1. The summed E-state index contributed by atoms with van der Waals surface area (Å²) in [6.07, 6.45) is 0. The highest BCUT2D eigenvalue weighted by atomic mass is 32.2. The quantitative estimate of drug-likeness (QED) is 0.717. The Bertz CT molecular complexity index is 773. The number of hydrogen-bond acceptors (Lipinski definition) is 5. The summed E-state index contributed by atoms with van der Waals surface area (Å²) in [6.45, 7) is 1.41. The Kier molecular flexibility index (Phi) is 3.45. The molecular formula is C11H11FN4O3S. The molecule has 0 aliphatic carbocycles. The maximum Gasteiger partial charge on any atom is 0.264 e. The third-order valence-electron chi connectivity index (χ3n) is 2.48. The summed E-state index contributed by atoms with van der Waals surface area (Å²) in [6, 6.07) is 4.49. The monoisotopic (exact) mass is 298 g/mol. The van der Waals surface area contributed by atoms with Gasteiger partial charge < -0.3 is 5.73 Å². The minimum atomic E-state index is -3.97. The number of H-pyrrole nitrogens is 1. The van der Waals surface area contributed by atoms with Gasteiger partial charge in [0.25, 0.3) is 15.6 Å². The molecule has 0 bridgehead atoms. The number of nitrogens with zero attached hydrogens (tertiary/aromatic N) is 1. The van der Waals surface area contributed by atoms with Crippen LogP contribution in [0.3, 0.4) is 0 Å². The number of aryl methyl sites for hydroxylation is 1. The van der Waals surface area contributed by atoms with Crippen molar-refractivity contribution in [1.82, 2.24) is 10.2 Å². The number of aromatic nitrogens is 2. The van der Waals surface area contributed by atoms with E-state index in [4.69, 9.17) is 5.73 Å². The van der Waals surface area contributed by atoms with Crippen LogP contribution in [0.4, 0.5) is 15.9 Å². The summed E-state index contributed by atoms with van der Waals surface area (Å²) in [5.41, 5.74) is 4.78. The van der Waals surface area contributed by atoms with Crippen molar-refractivity contribution in [3.8, 4) is 0 Å². The smallest absolute Gasteiger partial charge is 0.264 e. The van der Waals surface area contributed by atoms with Gasteiger partial charge in [0.05, 0.1) is 10.6 Å². The molecule has 0 radical (unpaired) electrons. The first kappa shape index (κ1) is 14.0. The first-order valence-electron chi connectivity index (χ1n) is 5.44. The molecule has 106 valence electrons. The van der Waals surface area contributed by atoms with Crippen LogP contribution in [0.2, 0.25) is 0 Å². The van der Waals surface area contributed by atoms with E-state index in [9.17, 15) is 17.6 Å². The number of halogens is 1. The Balaban J connectivity index is 2.40. The fourth-order valence-electron chi connectivity index (χ4n) is 1.52. The second-order valence-corrected chi connectivity index (χ2v) is 5.74. The lowest BCUT2D eigenvalue weighted by Gasteiger charge is -2.09. The van der Waals surface area contributed by atoms with Crippen LogP contribution in [0.15, 0.2) is 34.0 Å². The number of rotatable bonds is 3. The molecule has 0 saturated carbocycles. The summed E-state index contributed by atoms with van der Waals surface area (Å²) < 4.78 is 39.7. The van der Waals surface area contributed by atoms with E-state index in [1.807, 2.05) is 0 Å². The maximum atomic E-state index is 13.4. The van der Waals surface area contributed by atoms with Gasteiger partial charge in [0.2, 0.25) is 0 Å². The molecule has 4 N–H and O–H groups in total. The second kappa shape index (κ2) is 4.93. The van der Waals surface area contributed by atoms with Crippen LogP contribution in [-0.4, -0.2) is 18.6 Å². The van der Waals surface area contributed by atoms with Gasteiger partial charge in [-0.3, -0.25) is 9.52 Å². The number of hydrogen-bond donors (Lipinski definition) is 3. The van der Waals surface area contributed by atoms with Crippen molar-refractivity contribution in [2.75, 3.05) is 10.5 Å². The van der Waals surface area contributed by atoms with Gasteiger partial charge in [-0.25, -0.2) is 17.9 Å². The molecule has 0 saturated heterocycles. The van der Waals surface area contributed by atoms with Crippen molar-refractivity contribution in [1.29, 1.82) is 0 Å². The van der Waals surface area contributed by atoms with Crippen molar-refractivity contribution < 1.29 is 12.8 Å². The molecule has 2 rings (SSSR count). The van der Waals surface area contributed by atoms with E-state index in [1.165, 1.54) is 13.0 Å². The van der Waals surface area contributed by atoms with Crippen LogP contribution < -0.4 is 16.0 Å². The van der Waals surface area contributed by atoms with Crippen LogP contribution in [0, 0.1) is 12.7 Å². The van der Waals surface area contributed by atoms with Crippen LogP contribution in [0.5, 0.6) is 0 Å². The lowest BCUT2D eigenvalue weighted by Crippen LogP contribution is -2.17. The first-order valence-corrected chi connectivity index (χ1v) is 6.92. The Morgan fingerprint density at radius 1 is 1.35 bits per heavy atom. The Hall–Kier alpha value is -2.42. The molecule has 2 aromatic rings. The number of nitrogens with one attached hydrogen (secondary N) is 2. The SMILES string of the molecule is Cc1cc(S(=O)(=O)Nc2ccc(=O)[nH]n2)cc(N)c1F. The summed E-state index contributed by atoms with van der Waals surface area (Å²) in [7, 11) is -3.97. The van der Waals surface area contributed by atoms with Crippen molar-refractivity contribution in [3.05, 3.63) is 46.0 Å². The highest BCUT2D eigenvalue weighted by Crippen LogP contribution is 2.22. The maximum absolute atomic E-state index is 13.4. The molecule has 0 unspecified atom stereocenters. The third kappa shape index (κ3) is 2.77. The van der Waals surface area contributed by atoms with E-state index < -0.39 is 21.4 Å². The molecule has 7 nitrogen and oxygen atoms in total. The van der Waals surface area contributed by atoms with E-state index in [1.54, 1.807) is 0 Å². The van der Waals surface area contributed by atoms with E-state index in [-0.39, 0.29) is 22.0 Å². The molecule has 0 aliphatic heterocycles. The van der Waals surface area contributed by atoms with Gasteiger partial charge in [0, 0.05) is 6.07 Å². The summed E-state index contributed by atoms with van der Waals surface area (Å²) >= 11 is 0. The average Bonchev–Trinajstić information content (AvgIpc) is 2.38. The molecular weight excluding hydrogens is 287 g/mol. The largest absolute Gasteiger partial charge is 0.396 e. The van der Waals surface area contributed by atoms with Gasteiger partial charge in [-0.05, 0) is 30.7 Å². The predicted octanol–water partition coefficient (Wildman–Crippen LogP) is 0.600. The lowest BCUT2D eigenvalue weighted by atomic mass is 10.2. The van der Waals surface area contributed by atoms with Gasteiger partial charge in [-0.2, -0.15) is 5.10 Å². The molecule has 0 atom stereocenters. The molecule has 9 heteroatoms. The van der Waals surface area contributed by atoms with Gasteiger partial charge in [0.1, 0.15) is 5.82 Å². The lowest BCUT2D eigenvalue weighted by molar-refractivity contribution is 0.598. The topological polar surface area (TPSA) is 118 Å². The van der Waals surface area contributed by atoms with E-state index in [0.29, 0.717) is 0 Å². The normalized spacial score (nSPS) is 11.3. The van der Waals surface area contributed by atoms with Crippen molar-refractivity contribution in [2.45, 2.75) is 11.8 Å². The number of sulfonamides is 1. The Morgan fingerprint density at radius 2 is 2.05 bits per heavy atom. The minimum absolute atomic E-state index is 0.0647. The molecule has 1 heterocycles. The highest BCUT2D eigenvalue weighted by Gasteiger charge is 2.18. The zero-order valence-electron chi connectivity index (χ0n) is 10.3. The number of nitrogens with two attached hydrogens (primary N) is 1. The molecule has 0 spiro atoms. The molecule has 0 fully saturated rings. The number of aromatic amines is 1. The molecule has 20 heavy (non-hydrogen) atoms. The Labute approximate surface area is 113 Å². The molecule has 1 aromatic heterocycles. The fourth-order valence-corrected chi connectivity index (χ4v) is 2.64. The zero-order chi connectivity index (χ0) is 14.9. The Morgan fingerprint density at radius 3 is 2.60 bits per heavy atom. The molecule has 0 aliphatic rings. The minimum Gasteiger partial charge on any atom is -0.396 e. The standard InChI is InChI=1S/C11H11FN4O3S/c1-6-4-7(5-8(13)11(6)12)20(18,19)16-9-2-3-10(17)15-14-9/h2-5H,13H2,1H3,(H,14,16)(H,15,17). The predicted molar refractivity (Wildman–Crippen MR) is 71.2 cm³/mol. The molecule has 0 amide bonds. The fraction of sp³-hybridized carbons (Fsp3) is 0.0909. The van der Waals surface area contributed by atoms with Gasteiger partial charge in [-0.15, -0.1) is 0 Å². The number of nitrogen functional groups attached to an aromatic ring is 1. The zero-order valence-corrected chi connectivity index (χ0v) is 11.2. The van der Waals surface area contributed by atoms with Gasteiger partial charge >= 0.3 is 0 Å². The average molecular weight is 298 g/mol. The van der Waals surface area contributed by atoms with Crippen molar-refractivity contribution >= 4 is 21.5 Å². The van der Waals surface area contributed by atoms with Crippen LogP contribution >= 0.6 is 0 Å². The van der Waals surface area contributed by atoms with Crippen LogP contribution in [0.1, 0.15) is 5.56 Å². The summed E-state index contributed by atoms with van der Waals surface area (Å²) in [5, 5.41) is 5.61. The first-order chi connectivity index (χ1) is 9.29. The van der Waals surface area contributed by atoms with Crippen molar-refractivity contribution in [2.24, 2.45) is 0 Å². The second-order valence-electron chi connectivity index (χ2n) is 4.06. The van der Waals surface area contributed by atoms with E-state index in [2.05, 4.69) is 14.9 Å². The van der Waals surface area contributed by atoms with Gasteiger partial charge in [0.15, 0.2) is 5.82 Å². The van der Waals surface area contributed by atoms with E-state index in [0.717, 1.165) is 18.2 Å². The van der Waals surface area contributed by atoms with Crippen LogP contribution in [0.25, 0.3) is 0 Å². The van der Waals surface area contributed by atoms with Gasteiger partial charge in [-0.1, -0.05) is 0 Å². The van der Waals surface area contributed by atoms with Crippen molar-refractivity contribution in [3.63, 3.8) is 0 Å². The number of anilines is 2. The van der Waals surface area contributed by atoms with Crippen LogP contribution in [-0.2, 0) is 10.0 Å².